The number of hydrogen-bond donors (Lipinski definition) is 1. The van der Waals surface area contributed by atoms with Gasteiger partial charge in [-0.05, 0) is 76.1 Å². The lowest BCUT2D eigenvalue weighted by atomic mass is 9.85. The van der Waals surface area contributed by atoms with Crippen LogP contribution < -0.4 is 10.6 Å². The molecule has 0 aliphatic carbocycles. The van der Waals surface area contributed by atoms with Gasteiger partial charge in [0.15, 0.2) is 0 Å². The number of anilines is 1. The minimum Gasteiger partial charge on any atom is -0.364 e. The molecule has 2 amide bonds. The first kappa shape index (κ1) is 31.2. The van der Waals surface area contributed by atoms with E-state index in [2.05, 4.69) is 81.3 Å². The Morgan fingerprint density at radius 1 is 0.889 bits per heavy atom. The highest BCUT2D eigenvalue weighted by atomic mass is 16.2. The summed E-state index contributed by atoms with van der Waals surface area (Å²) >= 11 is 0. The number of likely N-dealkylation sites (tertiary alicyclic amines) is 3. The number of hydrogen-bond acceptors (Lipinski definition) is 7. The quantitative estimate of drug-likeness (QED) is 0.406. The predicted molar refractivity (Wildman–Crippen MR) is 177 cm³/mol. The molecule has 2 N–H and O–H groups in total. The van der Waals surface area contributed by atoms with Crippen molar-refractivity contribution in [2.45, 2.75) is 83.6 Å². The first-order chi connectivity index (χ1) is 21.7. The molecule has 45 heavy (non-hydrogen) atoms. The fourth-order valence-corrected chi connectivity index (χ4v) is 7.43. The molecule has 6 rings (SSSR count). The van der Waals surface area contributed by atoms with Crippen LogP contribution in [-0.2, 0) is 17.9 Å². The van der Waals surface area contributed by atoms with Gasteiger partial charge in [0, 0.05) is 63.1 Å². The normalized spacial score (nSPS) is 20.9. The van der Waals surface area contributed by atoms with Crippen molar-refractivity contribution in [2.24, 2.45) is 5.73 Å². The standard InChI is InChI=1S/C36H47N7O2/c1-26-33(27(2)39-25-38-26)35(45)40-21-16-36(3,17-22-40)42-19-13-31(14-20-42)43(24-28-7-5-4-6-8-28)30-11-9-29(10-12-30)23-41-18-15-32(37)34(41)44/h4-12,25,31-32H,13-24,37H2,1-3H3. The molecule has 9 nitrogen and oxygen atoms in total. The average Bonchev–Trinajstić information content (AvgIpc) is 3.37. The van der Waals surface area contributed by atoms with Gasteiger partial charge in [0.2, 0.25) is 5.91 Å². The maximum absolute atomic E-state index is 13.4. The summed E-state index contributed by atoms with van der Waals surface area (Å²) in [4.78, 5) is 43.4. The number of carbonyl (C=O) groups is 2. The van der Waals surface area contributed by atoms with Gasteiger partial charge in [-0.25, -0.2) is 9.97 Å². The van der Waals surface area contributed by atoms with Crippen LogP contribution in [0.15, 0.2) is 60.9 Å². The second-order valence-electron chi connectivity index (χ2n) is 13.4. The smallest absolute Gasteiger partial charge is 0.257 e. The lowest BCUT2D eigenvalue weighted by Gasteiger charge is -2.50. The van der Waals surface area contributed by atoms with Gasteiger partial charge in [0.1, 0.15) is 6.33 Å². The van der Waals surface area contributed by atoms with Crippen molar-refractivity contribution in [3.8, 4) is 0 Å². The highest BCUT2D eigenvalue weighted by Gasteiger charge is 2.40. The summed E-state index contributed by atoms with van der Waals surface area (Å²) < 4.78 is 0. The van der Waals surface area contributed by atoms with E-state index in [1.165, 1.54) is 17.6 Å². The third-order valence-electron chi connectivity index (χ3n) is 10.4. The number of nitrogens with two attached hydrogens (primary N) is 1. The zero-order chi connectivity index (χ0) is 31.6. The Morgan fingerprint density at radius 3 is 2.13 bits per heavy atom. The maximum Gasteiger partial charge on any atom is 0.257 e. The summed E-state index contributed by atoms with van der Waals surface area (Å²) in [7, 11) is 0. The average molecular weight is 610 g/mol. The summed E-state index contributed by atoms with van der Waals surface area (Å²) in [6.07, 6.45) is 6.38. The van der Waals surface area contributed by atoms with Crippen LogP contribution in [0.1, 0.15) is 71.9 Å². The molecule has 9 heteroatoms. The van der Waals surface area contributed by atoms with Crippen LogP contribution in [0.3, 0.4) is 0 Å². The molecule has 2 aromatic carbocycles. The van der Waals surface area contributed by atoms with E-state index in [0.29, 0.717) is 18.2 Å². The monoisotopic (exact) mass is 609 g/mol. The van der Waals surface area contributed by atoms with Crippen molar-refractivity contribution >= 4 is 17.5 Å². The Labute approximate surface area is 267 Å². The molecule has 3 fully saturated rings. The number of rotatable bonds is 8. The van der Waals surface area contributed by atoms with Crippen molar-refractivity contribution in [1.29, 1.82) is 0 Å². The summed E-state index contributed by atoms with van der Waals surface area (Å²) in [6, 6.07) is 19.6. The summed E-state index contributed by atoms with van der Waals surface area (Å²) in [6.45, 7) is 12.0. The van der Waals surface area contributed by atoms with E-state index in [0.717, 1.165) is 88.3 Å². The molecule has 3 aliphatic heterocycles. The van der Waals surface area contributed by atoms with Gasteiger partial charge in [0.25, 0.3) is 5.91 Å². The van der Waals surface area contributed by atoms with Crippen LogP contribution in [-0.4, -0.2) is 86.8 Å². The third-order valence-corrected chi connectivity index (χ3v) is 10.4. The van der Waals surface area contributed by atoms with Gasteiger partial charge in [-0.15, -0.1) is 0 Å². The van der Waals surface area contributed by atoms with Crippen LogP contribution in [0, 0.1) is 13.8 Å². The summed E-state index contributed by atoms with van der Waals surface area (Å²) in [5.74, 6) is 0.114. The van der Waals surface area contributed by atoms with Crippen molar-refractivity contribution in [3.63, 3.8) is 0 Å². The molecule has 1 atom stereocenters. The summed E-state index contributed by atoms with van der Waals surface area (Å²) in [5, 5.41) is 0. The van der Waals surface area contributed by atoms with Crippen LogP contribution in [0.4, 0.5) is 5.69 Å². The zero-order valence-corrected chi connectivity index (χ0v) is 27.0. The van der Waals surface area contributed by atoms with Gasteiger partial charge < -0.3 is 20.4 Å². The summed E-state index contributed by atoms with van der Waals surface area (Å²) in [5.41, 5.74) is 11.8. The van der Waals surface area contributed by atoms with Crippen molar-refractivity contribution in [1.82, 2.24) is 24.7 Å². The maximum atomic E-state index is 13.4. The van der Waals surface area contributed by atoms with E-state index in [1.807, 2.05) is 23.6 Å². The van der Waals surface area contributed by atoms with Crippen LogP contribution >= 0.6 is 0 Å². The SMILES string of the molecule is Cc1ncnc(C)c1C(=O)N1CCC(C)(N2CCC(N(Cc3ccccc3)c3ccc(CN4CCC(N)C4=O)cc3)CC2)CC1. The Hall–Kier alpha value is -3.82. The molecule has 3 aliphatic rings. The molecule has 3 saturated heterocycles. The molecule has 0 bridgehead atoms. The Kier molecular flexibility index (Phi) is 9.19. The molecule has 0 radical (unpaired) electrons. The fourth-order valence-electron chi connectivity index (χ4n) is 7.43. The van der Waals surface area contributed by atoms with Crippen molar-refractivity contribution in [3.05, 3.63) is 89.0 Å². The number of aromatic nitrogens is 2. The van der Waals surface area contributed by atoms with E-state index < -0.39 is 0 Å². The molecule has 0 saturated carbocycles. The zero-order valence-electron chi connectivity index (χ0n) is 27.0. The lowest BCUT2D eigenvalue weighted by Crippen LogP contribution is -2.58. The van der Waals surface area contributed by atoms with Gasteiger partial charge >= 0.3 is 0 Å². The van der Waals surface area contributed by atoms with Crippen molar-refractivity contribution in [2.75, 3.05) is 37.6 Å². The highest BCUT2D eigenvalue weighted by molar-refractivity contribution is 5.96. The second-order valence-corrected chi connectivity index (χ2v) is 13.4. The first-order valence-corrected chi connectivity index (χ1v) is 16.5. The van der Waals surface area contributed by atoms with Gasteiger partial charge in [-0.3, -0.25) is 14.5 Å². The number of carbonyl (C=O) groups excluding carboxylic acids is 2. The molecule has 4 heterocycles. The van der Waals surface area contributed by atoms with E-state index in [4.69, 9.17) is 5.73 Å². The molecule has 1 unspecified atom stereocenters. The molecule has 0 spiro atoms. The Balaban J connectivity index is 1.10. The molecule has 1 aromatic heterocycles. The van der Waals surface area contributed by atoms with Crippen LogP contribution in [0.25, 0.3) is 0 Å². The van der Waals surface area contributed by atoms with Crippen LogP contribution in [0.5, 0.6) is 0 Å². The largest absolute Gasteiger partial charge is 0.364 e. The third kappa shape index (κ3) is 6.75. The van der Waals surface area contributed by atoms with E-state index in [1.54, 1.807) is 0 Å². The molecule has 238 valence electrons. The van der Waals surface area contributed by atoms with E-state index in [-0.39, 0.29) is 23.4 Å². The van der Waals surface area contributed by atoms with E-state index in [9.17, 15) is 9.59 Å². The molecule has 3 aromatic rings. The second kappa shape index (κ2) is 13.3. The lowest BCUT2D eigenvalue weighted by molar-refractivity contribution is -0.129. The number of piperidine rings is 2. The van der Waals surface area contributed by atoms with Gasteiger partial charge in [-0.2, -0.15) is 0 Å². The van der Waals surface area contributed by atoms with Crippen LogP contribution in [0.2, 0.25) is 0 Å². The molecular formula is C36H47N7O2. The Bertz CT molecular complexity index is 1460. The molecular weight excluding hydrogens is 562 g/mol. The number of aryl methyl sites for hydroxylation is 2. The van der Waals surface area contributed by atoms with Gasteiger partial charge in [-0.1, -0.05) is 42.5 Å². The van der Waals surface area contributed by atoms with Crippen molar-refractivity contribution < 1.29 is 9.59 Å². The number of amides is 2. The minimum atomic E-state index is -0.355. The highest BCUT2D eigenvalue weighted by Crippen LogP contribution is 2.34. The first-order valence-electron chi connectivity index (χ1n) is 16.5. The fraction of sp³-hybridized carbons (Fsp3) is 0.500. The topological polar surface area (TPSA) is 98.9 Å². The predicted octanol–water partition coefficient (Wildman–Crippen LogP) is 4.32. The minimum absolute atomic E-state index is 0.0542. The Morgan fingerprint density at radius 2 is 1.53 bits per heavy atom. The van der Waals surface area contributed by atoms with Gasteiger partial charge in [0.05, 0.1) is 23.0 Å². The number of benzene rings is 2. The number of nitrogens with zero attached hydrogens (tertiary/aromatic N) is 6. The van der Waals surface area contributed by atoms with E-state index >= 15 is 0 Å².